The van der Waals surface area contributed by atoms with Crippen LogP contribution in [0.3, 0.4) is 0 Å². The second kappa shape index (κ2) is 24.7. The van der Waals surface area contributed by atoms with Gasteiger partial charge in [0.1, 0.15) is 18.2 Å². The largest absolute Gasteiger partial charge is 0.416 e. The molecule has 4 N–H and O–H groups in total. The van der Waals surface area contributed by atoms with Crippen LogP contribution in [0.1, 0.15) is 95.2 Å². The number of benzene rings is 1. The molecule has 1 aromatic carbocycles. The van der Waals surface area contributed by atoms with E-state index in [2.05, 4.69) is 50.1 Å². The Morgan fingerprint density at radius 3 is 2.36 bits per heavy atom. The first kappa shape index (κ1) is 51.8. The Kier molecular flexibility index (Phi) is 18.5. The zero-order valence-corrected chi connectivity index (χ0v) is 39.9. The average molecular weight is 968 g/mol. The molecule has 0 unspecified atom stereocenters. The number of alkyl halides is 3. The maximum absolute atomic E-state index is 13.9. The number of carbonyl (C=O) groups excluding carboxylic acids is 4. The van der Waals surface area contributed by atoms with Gasteiger partial charge in [0.15, 0.2) is 0 Å². The highest BCUT2D eigenvalue weighted by Gasteiger charge is 2.44. The van der Waals surface area contributed by atoms with Gasteiger partial charge in [-0.05, 0) is 93.7 Å². The lowest BCUT2D eigenvalue weighted by atomic mass is 9.85. The topological polar surface area (TPSA) is 198 Å². The van der Waals surface area contributed by atoms with Crippen LogP contribution in [0, 0.1) is 11.8 Å². The zero-order valence-electron chi connectivity index (χ0n) is 39.9. The van der Waals surface area contributed by atoms with E-state index in [1.165, 1.54) is 12.4 Å². The van der Waals surface area contributed by atoms with Gasteiger partial charge in [0, 0.05) is 56.8 Å². The predicted octanol–water partition coefficient (Wildman–Crippen LogP) is 4.81. The Morgan fingerprint density at radius 2 is 1.64 bits per heavy atom. The molecule has 0 radical (unpaired) electrons. The maximum Gasteiger partial charge on any atom is 0.416 e. The maximum atomic E-state index is 13.9. The van der Waals surface area contributed by atoms with Crippen molar-refractivity contribution >= 4 is 40.3 Å². The quantitative estimate of drug-likeness (QED) is 0.0946. The van der Waals surface area contributed by atoms with Crippen LogP contribution < -0.4 is 21.3 Å². The highest BCUT2D eigenvalue weighted by molar-refractivity contribution is 5.93. The predicted molar refractivity (Wildman–Crippen MR) is 250 cm³/mol. The van der Waals surface area contributed by atoms with Crippen molar-refractivity contribution in [3.05, 3.63) is 60.2 Å². The van der Waals surface area contributed by atoms with Gasteiger partial charge in [0.2, 0.25) is 23.6 Å². The Balaban J connectivity index is 0.756. The molecular formula is C49H68F3N9O8. The van der Waals surface area contributed by atoms with Gasteiger partial charge in [-0.15, -0.1) is 0 Å². The molecule has 4 amide bonds. The van der Waals surface area contributed by atoms with Crippen molar-refractivity contribution in [1.29, 1.82) is 0 Å². The van der Waals surface area contributed by atoms with Crippen molar-refractivity contribution in [2.75, 3.05) is 71.6 Å². The second-order valence-electron chi connectivity index (χ2n) is 19.0. The van der Waals surface area contributed by atoms with Crippen LogP contribution in [-0.4, -0.2) is 151 Å². The minimum atomic E-state index is -4.54. The molecule has 69 heavy (non-hydrogen) atoms. The van der Waals surface area contributed by atoms with Crippen LogP contribution in [0.4, 0.5) is 19.0 Å². The third-order valence-electron chi connectivity index (χ3n) is 13.6. The number of fused-ring (bicyclic) bond motifs is 1. The number of halogens is 3. The summed E-state index contributed by atoms with van der Waals surface area (Å²) < 4.78 is 64.2. The van der Waals surface area contributed by atoms with Crippen molar-refractivity contribution < 1.29 is 51.3 Å². The third-order valence-corrected chi connectivity index (χ3v) is 13.6. The normalized spacial score (nSPS) is 25.4. The molecule has 2 saturated heterocycles. The molecule has 7 rings (SSSR count). The van der Waals surface area contributed by atoms with Crippen molar-refractivity contribution in [2.24, 2.45) is 11.8 Å². The molecule has 2 aliphatic carbocycles. The molecule has 378 valence electrons. The third kappa shape index (κ3) is 14.3. The van der Waals surface area contributed by atoms with E-state index < -0.39 is 23.7 Å². The number of rotatable bonds is 23. The number of carbonyl (C=O) groups is 4. The van der Waals surface area contributed by atoms with Crippen LogP contribution in [0.25, 0.3) is 10.9 Å². The summed E-state index contributed by atoms with van der Waals surface area (Å²) in [6.07, 6.45) is 6.67. The van der Waals surface area contributed by atoms with E-state index in [1.54, 1.807) is 35.3 Å². The molecule has 3 aromatic rings. The number of nitrogens with one attached hydrogen (secondary N) is 4. The average Bonchev–Trinajstić information content (AvgIpc) is 3.85. The number of anilines is 1. The number of ether oxygens (including phenoxy) is 4. The van der Waals surface area contributed by atoms with Gasteiger partial charge >= 0.3 is 6.18 Å². The monoisotopic (exact) mass is 968 g/mol. The fraction of sp³-hybridized carbons (Fsp3) is 0.653. The summed E-state index contributed by atoms with van der Waals surface area (Å²) >= 11 is 0. The van der Waals surface area contributed by atoms with Gasteiger partial charge in [0.25, 0.3) is 0 Å². The molecule has 0 bridgehead atoms. The lowest BCUT2D eigenvalue weighted by molar-refractivity contribution is -0.137. The summed E-state index contributed by atoms with van der Waals surface area (Å²) in [5, 5.41) is 13.1. The van der Waals surface area contributed by atoms with Crippen LogP contribution in [-0.2, 0) is 44.3 Å². The summed E-state index contributed by atoms with van der Waals surface area (Å²) in [5.74, 6) is -0.440. The zero-order chi connectivity index (χ0) is 48.9. The van der Waals surface area contributed by atoms with Crippen LogP contribution in [0.5, 0.6) is 0 Å². The molecule has 4 heterocycles. The van der Waals surface area contributed by atoms with E-state index in [1.807, 2.05) is 6.07 Å². The number of nitrogens with zero attached hydrogens (tertiary/aromatic N) is 5. The number of amides is 4. The number of hydrogen-bond acceptors (Lipinski definition) is 13. The molecule has 4 fully saturated rings. The van der Waals surface area contributed by atoms with Crippen molar-refractivity contribution in [2.45, 2.75) is 127 Å². The number of likely N-dealkylation sites (tertiary alicyclic amines) is 2. The summed E-state index contributed by atoms with van der Waals surface area (Å²) in [4.78, 5) is 68.6. The second-order valence-corrected chi connectivity index (χ2v) is 19.0. The lowest BCUT2D eigenvalue weighted by Gasteiger charge is -2.42. The Hall–Kier alpha value is -5.02. The van der Waals surface area contributed by atoms with Crippen LogP contribution in [0.15, 0.2) is 49.1 Å². The van der Waals surface area contributed by atoms with Crippen molar-refractivity contribution in [3.8, 4) is 0 Å². The summed E-state index contributed by atoms with van der Waals surface area (Å²) in [5.41, 5.74) is 0.354. The Morgan fingerprint density at radius 1 is 0.899 bits per heavy atom. The van der Waals surface area contributed by atoms with Gasteiger partial charge in [-0.2, -0.15) is 13.2 Å². The number of pyridine rings is 1. The van der Waals surface area contributed by atoms with E-state index in [0.717, 1.165) is 56.3 Å². The molecular weight excluding hydrogens is 900 g/mol. The van der Waals surface area contributed by atoms with Crippen molar-refractivity contribution in [1.82, 2.24) is 40.7 Å². The fourth-order valence-electron chi connectivity index (χ4n) is 10.00. The smallest absolute Gasteiger partial charge is 0.379 e. The van der Waals surface area contributed by atoms with E-state index in [4.69, 9.17) is 18.9 Å². The fourth-order valence-corrected chi connectivity index (χ4v) is 10.00. The molecule has 2 saturated carbocycles. The standard InChI is InChI=1S/C49H68F3N9O8/c1-31(2)28-55-34-7-13-42(61-18-14-40(48(61)65)59-46-37-25-33(49(50,51)52)6-12-39(37)56-30-57-46)41(26-34)58-43(62)15-19-66-21-22-67-23-24-69-36-10-8-35(9-11-36)68-20-17-54-47(64)38-27-44(63)60(3)45(38)32-5-4-16-53-29-32/h4-6,12,16,25,29-31,34-36,38,40-42,45,55H,7-11,13-15,17-24,26-28H2,1-3H3,(H,54,64)(H,58,62)(H,56,57,59)/t34-,35?,36?,38+,40+,41-,42+,45-/m1/s1. The van der Waals surface area contributed by atoms with E-state index >= 15 is 0 Å². The first-order chi connectivity index (χ1) is 33.2. The van der Waals surface area contributed by atoms with Gasteiger partial charge < -0.3 is 50.0 Å². The molecule has 17 nitrogen and oxygen atoms in total. The van der Waals surface area contributed by atoms with E-state index in [-0.39, 0.29) is 90.7 Å². The lowest BCUT2D eigenvalue weighted by Crippen LogP contribution is -2.58. The highest BCUT2D eigenvalue weighted by atomic mass is 19.4. The summed E-state index contributed by atoms with van der Waals surface area (Å²) in [6, 6.07) is 5.56. The molecule has 6 atom stereocenters. The SMILES string of the molecule is CC(C)CN[C@@H]1CC[C@H](N2CC[C@H](Nc3ncnc4ccc(C(F)(F)F)cc34)C2=O)[C@H](NC(=O)CCOCCOCCOC2CCC(OCCNC(=O)[C@H]3CC(=O)N(C)[C@@H]3c3cccnc3)CC2)C1. The van der Waals surface area contributed by atoms with Gasteiger partial charge in [-0.3, -0.25) is 24.2 Å². The molecule has 20 heteroatoms. The Bertz CT molecular complexity index is 2170. The number of aromatic nitrogens is 3. The number of hydrogen-bond donors (Lipinski definition) is 4. The molecule has 2 aromatic heterocycles. The minimum absolute atomic E-state index is 0.0624. The van der Waals surface area contributed by atoms with E-state index in [0.29, 0.717) is 76.8 Å². The highest BCUT2D eigenvalue weighted by Crippen LogP contribution is 2.37. The first-order valence-electron chi connectivity index (χ1n) is 24.5. The van der Waals surface area contributed by atoms with Gasteiger partial charge in [0.05, 0.1) is 87.0 Å². The summed E-state index contributed by atoms with van der Waals surface area (Å²) in [6.45, 7) is 8.06. The van der Waals surface area contributed by atoms with E-state index in [9.17, 15) is 32.3 Å². The van der Waals surface area contributed by atoms with Crippen LogP contribution in [0.2, 0.25) is 0 Å². The molecule has 2 aliphatic heterocycles. The molecule has 4 aliphatic rings. The minimum Gasteiger partial charge on any atom is -0.379 e. The Labute approximate surface area is 401 Å². The molecule has 0 spiro atoms. The summed E-state index contributed by atoms with van der Waals surface area (Å²) in [7, 11) is 1.72. The van der Waals surface area contributed by atoms with Gasteiger partial charge in [-0.25, -0.2) is 9.97 Å². The van der Waals surface area contributed by atoms with Crippen LogP contribution >= 0.6 is 0 Å². The first-order valence-corrected chi connectivity index (χ1v) is 24.5. The van der Waals surface area contributed by atoms with Crippen molar-refractivity contribution in [3.63, 3.8) is 0 Å². The van der Waals surface area contributed by atoms with Gasteiger partial charge in [-0.1, -0.05) is 19.9 Å².